The number of alkyl halides is 1. The number of nitriles is 1. The zero-order chi connectivity index (χ0) is 15.0. The van der Waals surface area contributed by atoms with Crippen molar-refractivity contribution < 1.29 is 4.39 Å². The van der Waals surface area contributed by atoms with E-state index in [1.807, 2.05) is 17.6 Å². The van der Waals surface area contributed by atoms with Crippen LogP contribution in [0.3, 0.4) is 0 Å². The maximum absolute atomic E-state index is 13.9. The number of para-hydroxylation sites is 1. The molecule has 0 radical (unpaired) electrons. The van der Waals surface area contributed by atoms with Crippen LogP contribution in [0.5, 0.6) is 0 Å². The molecule has 3 rings (SSSR count). The van der Waals surface area contributed by atoms with Crippen LogP contribution < -0.4 is 0 Å². The number of benzene rings is 2. The standard InChI is InChI=1S/C16H11ClFN3/c1-10-5-6-11(9-19)7-14(10)21-13-4-2-3-12(18)16(13)20-15(21)8-17/h2-7H,8H2,1H3. The van der Waals surface area contributed by atoms with Gasteiger partial charge in [-0.1, -0.05) is 12.1 Å². The summed E-state index contributed by atoms with van der Waals surface area (Å²) in [6.45, 7) is 1.93. The first-order valence-electron chi connectivity index (χ1n) is 6.38. The summed E-state index contributed by atoms with van der Waals surface area (Å²) in [7, 11) is 0. The van der Waals surface area contributed by atoms with E-state index in [1.54, 1.807) is 24.3 Å². The van der Waals surface area contributed by atoms with Gasteiger partial charge in [-0.15, -0.1) is 11.6 Å². The highest BCUT2D eigenvalue weighted by molar-refractivity contribution is 6.17. The van der Waals surface area contributed by atoms with Gasteiger partial charge in [0, 0.05) is 0 Å². The van der Waals surface area contributed by atoms with Crippen molar-refractivity contribution in [2.24, 2.45) is 0 Å². The summed E-state index contributed by atoms with van der Waals surface area (Å²) in [5.74, 6) is 0.325. The number of nitrogens with zero attached hydrogens (tertiary/aromatic N) is 3. The Labute approximate surface area is 126 Å². The molecule has 0 saturated carbocycles. The van der Waals surface area contributed by atoms with Gasteiger partial charge in [0.05, 0.1) is 28.7 Å². The number of aromatic nitrogens is 2. The van der Waals surface area contributed by atoms with Crippen LogP contribution in [-0.4, -0.2) is 9.55 Å². The van der Waals surface area contributed by atoms with Gasteiger partial charge in [-0.05, 0) is 36.8 Å². The maximum Gasteiger partial charge on any atom is 0.151 e. The first kappa shape index (κ1) is 13.6. The molecule has 0 spiro atoms. The summed E-state index contributed by atoms with van der Waals surface area (Å²) in [5.41, 5.74) is 3.22. The Hall–Kier alpha value is -2.38. The topological polar surface area (TPSA) is 41.6 Å². The Morgan fingerprint density at radius 3 is 2.86 bits per heavy atom. The molecule has 3 aromatic rings. The van der Waals surface area contributed by atoms with Crippen LogP contribution in [0, 0.1) is 24.1 Å². The molecule has 0 aliphatic heterocycles. The van der Waals surface area contributed by atoms with Crippen molar-refractivity contribution in [3.05, 3.63) is 59.2 Å². The lowest BCUT2D eigenvalue weighted by Crippen LogP contribution is -2.02. The Kier molecular flexibility index (Phi) is 3.36. The SMILES string of the molecule is Cc1ccc(C#N)cc1-n1c(CCl)nc2c(F)cccc21. The van der Waals surface area contributed by atoms with E-state index in [1.165, 1.54) is 6.07 Å². The van der Waals surface area contributed by atoms with Crippen molar-refractivity contribution in [3.63, 3.8) is 0 Å². The van der Waals surface area contributed by atoms with Crippen LogP contribution in [0.15, 0.2) is 36.4 Å². The summed E-state index contributed by atoms with van der Waals surface area (Å²) in [6.07, 6.45) is 0. The third-order valence-corrected chi connectivity index (χ3v) is 3.64. The molecule has 21 heavy (non-hydrogen) atoms. The third-order valence-electron chi connectivity index (χ3n) is 3.40. The predicted molar refractivity (Wildman–Crippen MR) is 80.0 cm³/mol. The molecule has 0 bridgehead atoms. The third kappa shape index (κ3) is 2.16. The highest BCUT2D eigenvalue weighted by Crippen LogP contribution is 2.26. The summed E-state index contributed by atoms with van der Waals surface area (Å²) in [4.78, 5) is 4.28. The average molecular weight is 300 g/mol. The summed E-state index contributed by atoms with van der Waals surface area (Å²) in [6, 6.07) is 12.3. The van der Waals surface area contributed by atoms with Gasteiger partial charge in [0.25, 0.3) is 0 Å². The van der Waals surface area contributed by atoms with Crippen molar-refractivity contribution in [2.75, 3.05) is 0 Å². The number of aryl methyl sites for hydroxylation is 1. The maximum atomic E-state index is 13.9. The van der Waals surface area contributed by atoms with Crippen molar-refractivity contribution in [1.82, 2.24) is 9.55 Å². The second-order valence-electron chi connectivity index (χ2n) is 4.72. The summed E-state index contributed by atoms with van der Waals surface area (Å²) < 4.78 is 15.7. The minimum Gasteiger partial charge on any atom is -0.295 e. The molecule has 104 valence electrons. The first-order chi connectivity index (χ1) is 10.2. The Bertz CT molecular complexity index is 877. The molecule has 5 heteroatoms. The average Bonchev–Trinajstić information content (AvgIpc) is 2.88. The van der Waals surface area contributed by atoms with Crippen molar-refractivity contribution in [1.29, 1.82) is 5.26 Å². The van der Waals surface area contributed by atoms with Gasteiger partial charge in [0.15, 0.2) is 5.82 Å². The van der Waals surface area contributed by atoms with Crippen LogP contribution in [0.1, 0.15) is 17.0 Å². The molecule has 0 fully saturated rings. The molecular weight excluding hydrogens is 289 g/mol. The fourth-order valence-electron chi connectivity index (χ4n) is 2.39. The number of halogens is 2. The molecule has 3 nitrogen and oxygen atoms in total. The zero-order valence-corrected chi connectivity index (χ0v) is 12.0. The van der Waals surface area contributed by atoms with Crippen molar-refractivity contribution in [2.45, 2.75) is 12.8 Å². The summed E-state index contributed by atoms with van der Waals surface area (Å²) in [5, 5.41) is 9.07. The molecular formula is C16H11ClFN3. The zero-order valence-electron chi connectivity index (χ0n) is 11.3. The van der Waals surface area contributed by atoms with E-state index >= 15 is 0 Å². The molecule has 1 aromatic heterocycles. The molecule has 0 N–H and O–H groups in total. The second kappa shape index (κ2) is 5.19. The van der Waals surface area contributed by atoms with Gasteiger partial charge in [0.1, 0.15) is 11.3 Å². The van der Waals surface area contributed by atoms with Crippen LogP contribution in [0.4, 0.5) is 4.39 Å². The Balaban J connectivity index is 2.39. The number of hydrogen-bond acceptors (Lipinski definition) is 2. The minimum atomic E-state index is -0.383. The normalized spacial score (nSPS) is 10.8. The van der Waals surface area contributed by atoms with Gasteiger partial charge < -0.3 is 0 Å². The molecule has 0 atom stereocenters. The predicted octanol–water partition coefficient (Wildman–Crippen LogP) is 4.08. The highest BCUT2D eigenvalue weighted by atomic mass is 35.5. The fourth-order valence-corrected chi connectivity index (χ4v) is 2.57. The van der Waals surface area contributed by atoms with E-state index in [9.17, 15) is 4.39 Å². The molecule has 2 aromatic carbocycles. The first-order valence-corrected chi connectivity index (χ1v) is 6.92. The molecule has 0 saturated heterocycles. The smallest absolute Gasteiger partial charge is 0.151 e. The number of hydrogen-bond donors (Lipinski definition) is 0. The van der Waals surface area contributed by atoms with Gasteiger partial charge in [-0.25, -0.2) is 9.37 Å². The van der Waals surface area contributed by atoms with Crippen LogP contribution in [0.25, 0.3) is 16.7 Å². The fraction of sp³-hybridized carbons (Fsp3) is 0.125. The van der Waals surface area contributed by atoms with E-state index in [4.69, 9.17) is 16.9 Å². The second-order valence-corrected chi connectivity index (χ2v) is 4.98. The van der Waals surface area contributed by atoms with Crippen LogP contribution in [0.2, 0.25) is 0 Å². The van der Waals surface area contributed by atoms with E-state index in [-0.39, 0.29) is 17.2 Å². The lowest BCUT2D eigenvalue weighted by Gasteiger charge is -2.11. The van der Waals surface area contributed by atoms with Crippen LogP contribution >= 0.6 is 11.6 Å². The minimum absolute atomic E-state index is 0.157. The van der Waals surface area contributed by atoms with E-state index in [0.717, 1.165) is 11.3 Å². The van der Waals surface area contributed by atoms with E-state index < -0.39 is 0 Å². The number of fused-ring (bicyclic) bond motifs is 1. The lowest BCUT2D eigenvalue weighted by atomic mass is 10.1. The number of rotatable bonds is 2. The summed E-state index contributed by atoms with van der Waals surface area (Å²) >= 11 is 5.96. The monoisotopic (exact) mass is 299 g/mol. The van der Waals surface area contributed by atoms with E-state index in [0.29, 0.717) is 16.9 Å². The number of imidazole rings is 1. The molecule has 0 aliphatic carbocycles. The quantitative estimate of drug-likeness (QED) is 0.669. The highest BCUT2D eigenvalue weighted by Gasteiger charge is 2.16. The Morgan fingerprint density at radius 1 is 1.33 bits per heavy atom. The molecule has 1 heterocycles. The van der Waals surface area contributed by atoms with E-state index in [2.05, 4.69) is 11.1 Å². The van der Waals surface area contributed by atoms with Crippen molar-refractivity contribution >= 4 is 22.6 Å². The molecule has 0 aliphatic rings. The molecule has 0 amide bonds. The van der Waals surface area contributed by atoms with Gasteiger partial charge in [-0.3, -0.25) is 4.57 Å². The van der Waals surface area contributed by atoms with Crippen molar-refractivity contribution in [3.8, 4) is 11.8 Å². The van der Waals surface area contributed by atoms with Gasteiger partial charge >= 0.3 is 0 Å². The Morgan fingerprint density at radius 2 is 2.14 bits per heavy atom. The van der Waals surface area contributed by atoms with Crippen LogP contribution in [-0.2, 0) is 5.88 Å². The largest absolute Gasteiger partial charge is 0.295 e. The lowest BCUT2D eigenvalue weighted by molar-refractivity contribution is 0.637. The molecule has 0 unspecified atom stereocenters. The van der Waals surface area contributed by atoms with Gasteiger partial charge in [0.2, 0.25) is 0 Å². The van der Waals surface area contributed by atoms with Gasteiger partial charge in [-0.2, -0.15) is 5.26 Å².